The van der Waals surface area contributed by atoms with Gasteiger partial charge in [-0.15, -0.1) is 5.10 Å². The first kappa shape index (κ1) is 22.8. The van der Waals surface area contributed by atoms with Gasteiger partial charge < -0.3 is 4.42 Å². The number of nitrogens with zero attached hydrogens (tertiary/aromatic N) is 4. The lowest BCUT2D eigenvalue weighted by molar-refractivity contribution is -0.384. The Morgan fingerprint density at radius 1 is 1.20 bits per heavy atom. The van der Waals surface area contributed by atoms with E-state index >= 15 is 0 Å². The van der Waals surface area contributed by atoms with E-state index in [-0.39, 0.29) is 17.1 Å². The number of carbonyl (C=O) groups is 1. The van der Waals surface area contributed by atoms with Crippen molar-refractivity contribution in [3.63, 3.8) is 0 Å². The lowest BCUT2D eigenvalue weighted by atomic mass is 10.1. The van der Waals surface area contributed by atoms with E-state index in [9.17, 15) is 14.9 Å². The van der Waals surface area contributed by atoms with Crippen LogP contribution in [0.2, 0.25) is 0 Å². The van der Waals surface area contributed by atoms with E-state index in [1.54, 1.807) is 18.2 Å². The smallest absolute Gasteiger partial charge is 0.283 e. The van der Waals surface area contributed by atoms with Crippen LogP contribution >= 0.6 is 23.5 Å². The summed E-state index contributed by atoms with van der Waals surface area (Å²) in [6.07, 6.45) is 1.44. The number of furan rings is 1. The minimum atomic E-state index is -0.553. The molecule has 0 radical (unpaired) electrons. The lowest BCUT2D eigenvalue weighted by Gasteiger charge is -2.19. The number of hydrogen-bond donors (Lipinski definition) is 1. The minimum Gasteiger partial charge on any atom is -0.457 e. The molecule has 0 saturated heterocycles. The number of amidine groups is 2. The number of fused-ring (bicyclic) bond motifs is 1. The van der Waals surface area contributed by atoms with Crippen LogP contribution in [0.15, 0.2) is 80.7 Å². The van der Waals surface area contributed by atoms with E-state index in [0.717, 1.165) is 11.1 Å². The number of rotatable bonds is 5. The van der Waals surface area contributed by atoms with Crippen molar-refractivity contribution in [2.75, 3.05) is 0 Å². The van der Waals surface area contributed by atoms with Crippen molar-refractivity contribution in [3.05, 3.63) is 93.2 Å². The Morgan fingerprint density at radius 2 is 2.00 bits per heavy atom. The molecule has 2 aliphatic rings. The summed E-state index contributed by atoms with van der Waals surface area (Å²) < 4.78 is 6.55. The first-order valence-electron chi connectivity index (χ1n) is 10.4. The van der Waals surface area contributed by atoms with Crippen molar-refractivity contribution in [2.24, 2.45) is 10.1 Å². The summed E-state index contributed by atoms with van der Waals surface area (Å²) in [5, 5.41) is 25.8. The van der Waals surface area contributed by atoms with Gasteiger partial charge in [-0.2, -0.15) is 10.0 Å². The number of thioether (sulfide) groups is 2. The maximum absolute atomic E-state index is 12.7. The highest BCUT2D eigenvalue weighted by Crippen LogP contribution is 2.34. The largest absolute Gasteiger partial charge is 0.457 e. The van der Waals surface area contributed by atoms with Crippen molar-refractivity contribution in [2.45, 2.75) is 12.7 Å². The summed E-state index contributed by atoms with van der Waals surface area (Å²) in [5.74, 6) is 0.817. The van der Waals surface area contributed by atoms with E-state index in [0.29, 0.717) is 32.4 Å². The second kappa shape index (κ2) is 9.35. The average molecular weight is 504 g/mol. The van der Waals surface area contributed by atoms with Gasteiger partial charge >= 0.3 is 0 Å². The molecule has 5 rings (SSSR count). The average Bonchev–Trinajstić information content (AvgIpc) is 3.48. The van der Waals surface area contributed by atoms with Crippen LogP contribution in [0.25, 0.3) is 17.4 Å². The zero-order valence-electron chi connectivity index (χ0n) is 18.3. The van der Waals surface area contributed by atoms with Crippen molar-refractivity contribution in [1.29, 1.82) is 5.41 Å². The van der Waals surface area contributed by atoms with Crippen molar-refractivity contribution >= 4 is 56.6 Å². The Hall–Kier alpha value is -3.96. The number of nitrogens with one attached hydrogen (secondary N) is 1. The van der Waals surface area contributed by atoms with Gasteiger partial charge in [0.05, 0.1) is 10.5 Å². The molecule has 0 aliphatic carbocycles. The predicted octanol–water partition coefficient (Wildman–Crippen LogP) is 5.67. The number of hydrogen-bond acceptors (Lipinski definition) is 8. The highest BCUT2D eigenvalue weighted by molar-refractivity contribution is 8.45. The third-order valence-electron chi connectivity index (χ3n) is 5.25. The third-order valence-corrected chi connectivity index (χ3v) is 7.36. The van der Waals surface area contributed by atoms with Gasteiger partial charge in [0, 0.05) is 23.4 Å². The van der Waals surface area contributed by atoms with Crippen LogP contribution in [-0.2, 0) is 10.5 Å². The lowest BCUT2D eigenvalue weighted by Crippen LogP contribution is -2.35. The first-order valence-corrected chi connectivity index (χ1v) is 12.2. The summed E-state index contributed by atoms with van der Waals surface area (Å²) in [5.41, 5.74) is 2.54. The van der Waals surface area contributed by atoms with E-state index < -0.39 is 10.8 Å². The van der Waals surface area contributed by atoms with Gasteiger partial charge in [0.15, 0.2) is 10.2 Å². The number of nitro benzene ring substituents is 1. The molecule has 9 nitrogen and oxygen atoms in total. The van der Waals surface area contributed by atoms with Gasteiger partial charge in [0.1, 0.15) is 11.5 Å². The van der Waals surface area contributed by atoms with E-state index in [2.05, 4.69) is 10.1 Å². The molecular formula is C24H17N5O4S2. The Labute approximate surface area is 208 Å². The second-order valence-corrected chi connectivity index (χ2v) is 9.80. The van der Waals surface area contributed by atoms with Crippen LogP contribution in [0.5, 0.6) is 0 Å². The van der Waals surface area contributed by atoms with Crippen LogP contribution in [0.4, 0.5) is 5.69 Å². The molecule has 0 fully saturated rings. The monoisotopic (exact) mass is 503 g/mol. The molecule has 0 bridgehead atoms. The highest BCUT2D eigenvalue weighted by Gasteiger charge is 2.36. The molecule has 1 amide bonds. The van der Waals surface area contributed by atoms with Crippen molar-refractivity contribution in [3.8, 4) is 11.3 Å². The molecule has 0 saturated carbocycles. The Morgan fingerprint density at radius 3 is 2.77 bits per heavy atom. The van der Waals surface area contributed by atoms with E-state index in [1.807, 2.05) is 37.3 Å². The fourth-order valence-electron chi connectivity index (χ4n) is 3.46. The summed E-state index contributed by atoms with van der Waals surface area (Å²) in [4.78, 5) is 27.4. The molecule has 1 N–H and O–H groups in total. The van der Waals surface area contributed by atoms with Crippen molar-refractivity contribution in [1.82, 2.24) is 5.01 Å². The zero-order chi connectivity index (χ0) is 24.5. The number of carbonyl (C=O) groups excluding carboxylic acids is 1. The SMILES string of the molecule is Cc1ccc([N+](=O)[O-])cc1-c1ccc(/C=C2/C(=N)N3N=C(SCc4ccccc4)SC3=NC2=O)o1. The Balaban J connectivity index is 1.37. The standard InChI is InChI=1S/C24H17N5O4S2/c1-14-7-8-16(29(31)32)11-18(14)20-10-9-17(33-20)12-19-21(25)28-23(26-22(19)30)35-24(27-28)34-13-15-5-3-2-4-6-15/h2-12,25H,13H2,1H3/b19-12-,25-21?. The zero-order valence-corrected chi connectivity index (χ0v) is 19.9. The fraction of sp³-hybridized carbons (Fsp3) is 0.0833. The van der Waals surface area contributed by atoms with Gasteiger partial charge in [-0.3, -0.25) is 20.3 Å². The molecule has 2 aromatic carbocycles. The van der Waals surface area contributed by atoms with Gasteiger partial charge in [0.25, 0.3) is 11.6 Å². The molecule has 174 valence electrons. The summed E-state index contributed by atoms with van der Waals surface area (Å²) in [6.45, 7) is 1.83. The van der Waals surface area contributed by atoms with Gasteiger partial charge in [-0.05, 0) is 48.0 Å². The molecule has 0 spiro atoms. The normalized spacial score (nSPS) is 16.4. The van der Waals surface area contributed by atoms with Crippen LogP contribution in [0, 0.1) is 22.4 Å². The number of aliphatic imine (C=N–C) groups is 1. The van der Waals surface area contributed by atoms with Crippen molar-refractivity contribution < 1.29 is 14.1 Å². The maximum atomic E-state index is 12.7. The predicted molar refractivity (Wildman–Crippen MR) is 138 cm³/mol. The number of benzene rings is 2. The molecule has 0 unspecified atom stereocenters. The summed E-state index contributed by atoms with van der Waals surface area (Å²) in [6, 6.07) is 17.8. The second-order valence-electron chi connectivity index (χ2n) is 7.62. The topological polar surface area (TPSA) is 125 Å². The highest BCUT2D eigenvalue weighted by atomic mass is 32.2. The summed E-state index contributed by atoms with van der Waals surface area (Å²) in [7, 11) is 0. The molecule has 1 aromatic heterocycles. The Bertz CT molecular complexity index is 1460. The van der Waals surface area contributed by atoms with Gasteiger partial charge in [-0.1, -0.05) is 48.2 Å². The fourth-order valence-corrected chi connectivity index (χ4v) is 5.34. The quantitative estimate of drug-likeness (QED) is 0.270. The maximum Gasteiger partial charge on any atom is 0.283 e. The number of nitro groups is 1. The van der Waals surface area contributed by atoms with E-state index in [1.165, 1.54) is 46.7 Å². The molecule has 11 heteroatoms. The molecule has 3 aromatic rings. The minimum absolute atomic E-state index is 0.0432. The van der Waals surface area contributed by atoms with Crippen LogP contribution in [0.3, 0.4) is 0 Å². The molecular weight excluding hydrogens is 486 g/mol. The molecule has 0 atom stereocenters. The first-order chi connectivity index (χ1) is 16.9. The van der Waals surface area contributed by atoms with Crippen LogP contribution < -0.4 is 0 Å². The van der Waals surface area contributed by atoms with Crippen LogP contribution in [-0.4, -0.2) is 31.2 Å². The Kier molecular flexibility index (Phi) is 6.10. The summed E-state index contributed by atoms with van der Waals surface area (Å²) >= 11 is 2.77. The number of amides is 1. The molecule has 3 heterocycles. The third kappa shape index (κ3) is 4.68. The number of hydrazone groups is 1. The molecule has 35 heavy (non-hydrogen) atoms. The molecule has 2 aliphatic heterocycles. The van der Waals surface area contributed by atoms with Gasteiger partial charge in [0.2, 0.25) is 5.17 Å². The number of non-ortho nitro benzene ring substituents is 1. The number of aryl methyl sites for hydroxylation is 1. The van der Waals surface area contributed by atoms with Gasteiger partial charge in [-0.25, -0.2) is 0 Å². The van der Waals surface area contributed by atoms with Crippen LogP contribution in [0.1, 0.15) is 16.9 Å². The van der Waals surface area contributed by atoms with E-state index in [4.69, 9.17) is 9.83 Å².